The van der Waals surface area contributed by atoms with Gasteiger partial charge in [0.2, 0.25) is 0 Å². The fourth-order valence-electron chi connectivity index (χ4n) is 2.86. The highest BCUT2D eigenvalue weighted by molar-refractivity contribution is 5.81. The molecule has 0 spiro atoms. The molecule has 0 radical (unpaired) electrons. The van der Waals surface area contributed by atoms with Gasteiger partial charge in [0.1, 0.15) is 5.54 Å². The summed E-state index contributed by atoms with van der Waals surface area (Å²) in [6.07, 6.45) is 5.98. The second kappa shape index (κ2) is 8.63. The van der Waals surface area contributed by atoms with Crippen LogP contribution in [0.25, 0.3) is 0 Å². The monoisotopic (exact) mass is 285 g/mol. The van der Waals surface area contributed by atoms with Crippen LogP contribution in [0.4, 0.5) is 0 Å². The van der Waals surface area contributed by atoms with Gasteiger partial charge < -0.3 is 14.8 Å². The van der Waals surface area contributed by atoms with Gasteiger partial charge in [-0.15, -0.1) is 0 Å². The van der Waals surface area contributed by atoms with Crippen molar-refractivity contribution in [1.82, 2.24) is 5.32 Å². The second-order valence-corrected chi connectivity index (χ2v) is 6.27. The maximum Gasteiger partial charge on any atom is 0.326 e. The van der Waals surface area contributed by atoms with E-state index in [1.165, 1.54) is 13.5 Å². The van der Waals surface area contributed by atoms with E-state index in [9.17, 15) is 4.79 Å². The van der Waals surface area contributed by atoms with Crippen LogP contribution < -0.4 is 5.32 Å². The number of hydrogen-bond donors (Lipinski definition) is 1. The Balaban J connectivity index is 2.41. The number of esters is 1. The molecule has 4 heteroatoms. The molecule has 118 valence electrons. The number of rotatable bonds is 9. The van der Waals surface area contributed by atoms with Crippen LogP contribution in [0, 0.1) is 5.92 Å². The summed E-state index contributed by atoms with van der Waals surface area (Å²) in [5.41, 5.74) is -0.520. The van der Waals surface area contributed by atoms with Gasteiger partial charge in [-0.2, -0.15) is 0 Å². The SMILES string of the molecule is CCCNC1(C(=O)OC)CCC(OCCCC(C)C)C1. The van der Waals surface area contributed by atoms with Gasteiger partial charge in [0, 0.05) is 13.0 Å². The zero-order valence-electron chi connectivity index (χ0n) is 13.5. The summed E-state index contributed by atoms with van der Waals surface area (Å²) >= 11 is 0. The number of ether oxygens (including phenoxy) is 2. The summed E-state index contributed by atoms with van der Waals surface area (Å²) in [5, 5.41) is 3.38. The lowest BCUT2D eigenvalue weighted by Crippen LogP contribution is -2.51. The van der Waals surface area contributed by atoms with Gasteiger partial charge in [0.25, 0.3) is 0 Å². The smallest absolute Gasteiger partial charge is 0.326 e. The minimum absolute atomic E-state index is 0.140. The molecule has 0 aromatic rings. The summed E-state index contributed by atoms with van der Waals surface area (Å²) in [7, 11) is 1.47. The molecule has 1 aliphatic rings. The minimum Gasteiger partial charge on any atom is -0.468 e. The van der Waals surface area contributed by atoms with Crippen molar-refractivity contribution in [3.63, 3.8) is 0 Å². The molecule has 0 aliphatic heterocycles. The molecule has 0 heterocycles. The molecule has 20 heavy (non-hydrogen) atoms. The van der Waals surface area contributed by atoms with Crippen molar-refractivity contribution in [1.29, 1.82) is 0 Å². The van der Waals surface area contributed by atoms with Gasteiger partial charge in [-0.25, -0.2) is 0 Å². The lowest BCUT2D eigenvalue weighted by molar-refractivity contribution is -0.148. The number of methoxy groups -OCH3 is 1. The van der Waals surface area contributed by atoms with Gasteiger partial charge in [-0.05, 0) is 44.6 Å². The zero-order valence-corrected chi connectivity index (χ0v) is 13.5. The van der Waals surface area contributed by atoms with E-state index < -0.39 is 5.54 Å². The molecule has 1 saturated carbocycles. The molecule has 1 rings (SSSR count). The Bertz CT molecular complexity index is 293. The molecular formula is C16H31NO3. The fourth-order valence-corrected chi connectivity index (χ4v) is 2.86. The highest BCUT2D eigenvalue weighted by Gasteiger charge is 2.46. The average molecular weight is 285 g/mol. The molecule has 0 aromatic carbocycles. The third-order valence-electron chi connectivity index (χ3n) is 4.04. The Morgan fingerprint density at radius 1 is 1.45 bits per heavy atom. The van der Waals surface area contributed by atoms with Gasteiger partial charge in [-0.3, -0.25) is 4.79 Å². The van der Waals surface area contributed by atoms with Crippen molar-refractivity contribution >= 4 is 5.97 Å². The van der Waals surface area contributed by atoms with Crippen LogP contribution in [0.1, 0.15) is 59.3 Å². The third kappa shape index (κ3) is 5.06. The quantitative estimate of drug-likeness (QED) is 0.523. The first-order valence-electron chi connectivity index (χ1n) is 7.99. The van der Waals surface area contributed by atoms with Crippen molar-refractivity contribution in [2.24, 2.45) is 5.92 Å². The Labute approximate surface area is 123 Å². The number of carbonyl (C=O) groups is 1. The summed E-state index contributed by atoms with van der Waals surface area (Å²) < 4.78 is 10.9. The summed E-state index contributed by atoms with van der Waals surface area (Å²) in [6.45, 7) is 8.20. The fraction of sp³-hybridized carbons (Fsp3) is 0.938. The number of carbonyl (C=O) groups excluding carboxylic acids is 1. The molecule has 0 bridgehead atoms. The molecule has 1 aliphatic carbocycles. The van der Waals surface area contributed by atoms with Crippen LogP contribution in [0.2, 0.25) is 0 Å². The molecular weight excluding hydrogens is 254 g/mol. The Hall–Kier alpha value is -0.610. The first-order chi connectivity index (χ1) is 9.54. The van der Waals surface area contributed by atoms with Crippen LogP contribution in [0.15, 0.2) is 0 Å². The van der Waals surface area contributed by atoms with Crippen LogP contribution in [0.5, 0.6) is 0 Å². The van der Waals surface area contributed by atoms with Crippen LogP contribution in [-0.4, -0.2) is 37.9 Å². The van der Waals surface area contributed by atoms with Crippen molar-refractivity contribution in [3.05, 3.63) is 0 Å². The van der Waals surface area contributed by atoms with E-state index in [1.54, 1.807) is 0 Å². The summed E-state index contributed by atoms with van der Waals surface area (Å²) in [6, 6.07) is 0. The van der Waals surface area contributed by atoms with Gasteiger partial charge in [-0.1, -0.05) is 20.8 Å². The van der Waals surface area contributed by atoms with Crippen LogP contribution in [0.3, 0.4) is 0 Å². The lowest BCUT2D eigenvalue weighted by atomic mass is 9.97. The molecule has 2 unspecified atom stereocenters. The molecule has 4 nitrogen and oxygen atoms in total. The minimum atomic E-state index is -0.520. The predicted octanol–water partition coefficient (Wildman–Crippen LogP) is 2.90. The first kappa shape index (κ1) is 17.4. The normalized spacial score (nSPS) is 26.1. The van der Waals surface area contributed by atoms with E-state index in [0.29, 0.717) is 0 Å². The first-order valence-corrected chi connectivity index (χ1v) is 7.99. The highest BCUT2D eigenvalue weighted by atomic mass is 16.5. The maximum absolute atomic E-state index is 12.1. The zero-order chi connectivity index (χ0) is 15.0. The summed E-state index contributed by atoms with van der Waals surface area (Å²) in [5.74, 6) is 0.585. The molecule has 0 saturated heterocycles. The van der Waals surface area contributed by atoms with E-state index in [2.05, 4.69) is 26.1 Å². The Morgan fingerprint density at radius 3 is 2.80 bits per heavy atom. The highest BCUT2D eigenvalue weighted by Crippen LogP contribution is 2.33. The van der Waals surface area contributed by atoms with E-state index in [0.717, 1.165) is 51.2 Å². The Morgan fingerprint density at radius 2 is 2.20 bits per heavy atom. The lowest BCUT2D eigenvalue weighted by Gasteiger charge is -2.27. The van der Waals surface area contributed by atoms with Gasteiger partial charge in [0.15, 0.2) is 0 Å². The van der Waals surface area contributed by atoms with Crippen molar-refractivity contribution in [2.75, 3.05) is 20.3 Å². The molecule has 0 amide bonds. The average Bonchev–Trinajstić information content (AvgIpc) is 2.85. The molecule has 0 aromatic heterocycles. The van der Waals surface area contributed by atoms with E-state index in [1.807, 2.05) is 0 Å². The largest absolute Gasteiger partial charge is 0.468 e. The van der Waals surface area contributed by atoms with Crippen molar-refractivity contribution in [3.8, 4) is 0 Å². The van der Waals surface area contributed by atoms with Crippen molar-refractivity contribution in [2.45, 2.75) is 70.9 Å². The summed E-state index contributed by atoms with van der Waals surface area (Å²) in [4.78, 5) is 12.1. The van der Waals surface area contributed by atoms with Crippen LogP contribution >= 0.6 is 0 Å². The topological polar surface area (TPSA) is 47.6 Å². The van der Waals surface area contributed by atoms with E-state index in [4.69, 9.17) is 9.47 Å². The number of nitrogens with one attached hydrogen (secondary N) is 1. The van der Waals surface area contributed by atoms with Crippen LogP contribution in [-0.2, 0) is 14.3 Å². The number of hydrogen-bond acceptors (Lipinski definition) is 4. The molecule has 1 N–H and O–H groups in total. The van der Waals surface area contributed by atoms with Crippen molar-refractivity contribution < 1.29 is 14.3 Å². The predicted molar refractivity (Wildman–Crippen MR) is 80.7 cm³/mol. The maximum atomic E-state index is 12.1. The Kier molecular flexibility index (Phi) is 7.52. The van der Waals surface area contributed by atoms with E-state index in [-0.39, 0.29) is 12.1 Å². The van der Waals surface area contributed by atoms with E-state index >= 15 is 0 Å². The third-order valence-corrected chi connectivity index (χ3v) is 4.04. The second-order valence-electron chi connectivity index (χ2n) is 6.27. The van der Waals surface area contributed by atoms with Gasteiger partial charge in [0.05, 0.1) is 13.2 Å². The van der Waals surface area contributed by atoms with Gasteiger partial charge >= 0.3 is 5.97 Å². The molecule has 2 atom stereocenters. The molecule has 1 fully saturated rings. The standard InChI is InChI=1S/C16H31NO3/c1-5-10-17-16(15(18)19-4)9-8-14(12-16)20-11-6-7-13(2)3/h13-14,17H,5-12H2,1-4H3.